The van der Waals surface area contributed by atoms with Gasteiger partial charge in [0.25, 0.3) is 0 Å². The molecule has 2 aromatic carbocycles. The van der Waals surface area contributed by atoms with Crippen molar-refractivity contribution < 1.29 is 17.9 Å². The number of halogens is 1. The minimum atomic E-state index is -3.99. The first-order valence-electron chi connectivity index (χ1n) is 8.35. The number of nitrogens with one attached hydrogen (secondary N) is 2. The summed E-state index contributed by atoms with van der Waals surface area (Å²) >= 11 is 7.13. The molecule has 0 saturated carbocycles. The zero-order valence-corrected chi connectivity index (χ0v) is 17.2. The second-order valence-electron chi connectivity index (χ2n) is 5.88. The lowest BCUT2D eigenvalue weighted by Gasteiger charge is -2.19. The number of sulfonamides is 1. The number of fused-ring (bicyclic) bond motifs is 1. The molecule has 0 bridgehead atoms. The summed E-state index contributed by atoms with van der Waals surface area (Å²) in [6.07, 6.45) is -0.212. The number of carbonyl (C=O) groups is 1. The minimum Gasteiger partial charge on any atom is -0.466 e. The molecule has 148 valence electrons. The summed E-state index contributed by atoms with van der Waals surface area (Å²) in [6, 6.07) is 10.1. The van der Waals surface area contributed by atoms with Crippen LogP contribution in [-0.4, -0.2) is 26.0 Å². The van der Waals surface area contributed by atoms with Gasteiger partial charge in [-0.05, 0) is 36.8 Å². The van der Waals surface area contributed by atoms with Gasteiger partial charge in [-0.15, -0.1) is 0 Å². The van der Waals surface area contributed by atoms with Crippen molar-refractivity contribution in [2.75, 3.05) is 6.61 Å². The molecule has 0 radical (unpaired) electrons. The van der Waals surface area contributed by atoms with Gasteiger partial charge in [-0.2, -0.15) is 0 Å². The fourth-order valence-corrected chi connectivity index (χ4v) is 5.07. The molecule has 3 rings (SSSR count). The first-order chi connectivity index (χ1) is 13.3. The zero-order chi connectivity index (χ0) is 20.3. The standard InChI is InChI=1S/C18H17ClN2O5S2/c1-2-26-17(22)10-15(12-5-3-4-6-13(12)19)21-28(24,25)11-7-8-14-16(9-11)27-18(23)20-14/h3-9,15,21H,2,10H2,1H3,(H,20,23)/t15-/m0/s1. The van der Waals surface area contributed by atoms with Crippen LogP contribution in [0.25, 0.3) is 10.2 Å². The van der Waals surface area contributed by atoms with E-state index < -0.39 is 22.0 Å². The number of H-pyrrole nitrogens is 1. The van der Waals surface area contributed by atoms with Crippen molar-refractivity contribution in [2.24, 2.45) is 0 Å². The second kappa shape index (κ2) is 8.44. The van der Waals surface area contributed by atoms with Crippen LogP contribution in [0, 0.1) is 0 Å². The Labute approximate surface area is 170 Å². The summed E-state index contributed by atoms with van der Waals surface area (Å²) in [6.45, 7) is 1.86. The molecule has 7 nitrogen and oxygen atoms in total. The Morgan fingerprint density at radius 1 is 1.29 bits per heavy atom. The predicted octanol–water partition coefficient (Wildman–Crippen LogP) is 3.22. The smallest absolute Gasteiger partial charge is 0.307 e. The van der Waals surface area contributed by atoms with E-state index in [-0.39, 0.29) is 22.8 Å². The van der Waals surface area contributed by atoms with Crippen molar-refractivity contribution in [3.63, 3.8) is 0 Å². The van der Waals surface area contributed by atoms with Crippen LogP contribution >= 0.6 is 22.9 Å². The molecule has 0 aliphatic heterocycles. The molecule has 0 spiro atoms. The number of ether oxygens (including phenoxy) is 1. The molecule has 28 heavy (non-hydrogen) atoms. The third kappa shape index (κ3) is 4.61. The molecule has 1 atom stereocenters. The number of hydrogen-bond acceptors (Lipinski definition) is 6. The van der Waals surface area contributed by atoms with E-state index in [1.807, 2.05) is 0 Å². The molecule has 0 amide bonds. The van der Waals surface area contributed by atoms with Gasteiger partial charge < -0.3 is 9.72 Å². The van der Waals surface area contributed by atoms with E-state index in [1.165, 1.54) is 18.2 Å². The highest BCUT2D eigenvalue weighted by Crippen LogP contribution is 2.28. The van der Waals surface area contributed by atoms with Crippen LogP contribution in [0.2, 0.25) is 5.02 Å². The quantitative estimate of drug-likeness (QED) is 0.549. The van der Waals surface area contributed by atoms with Crippen molar-refractivity contribution in [1.29, 1.82) is 0 Å². The monoisotopic (exact) mass is 440 g/mol. The number of benzene rings is 2. The van der Waals surface area contributed by atoms with Gasteiger partial charge >= 0.3 is 10.8 Å². The van der Waals surface area contributed by atoms with Crippen LogP contribution in [0.15, 0.2) is 52.2 Å². The van der Waals surface area contributed by atoms with Crippen molar-refractivity contribution in [3.05, 3.63) is 62.7 Å². The molecule has 0 fully saturated rings. The van der Waals surface area contributed by atoms with Crippen molar-refractivity contribution in [1.82, 2.24) is 9.71 Å². The maximum atomic E-state index is 12.9. The Morgan fingerprint density at radius 3 is 2.75 bits per heavy atom. The zero-order valence-electron chi connectivity index (χ0n) is 14.8. The fourth-order valence-electron chi connectivity index (χ4n) is 2.71. The summed E-state index contributed by atoms with van der Waals surface area (Å²) in [5.41, 5.74) is 1.02. The molecule has 10 heteroatoms. The fraction of sp³-hybridized carbons (Fsp3) is 0.222. The summed E-state index contributed by atoms with van der Waals surface area (Å²) in [5, 5.41) is 0.332. The van der Waals surface area contributed by atoms with Crippen LogP contribution in [0.1, 0.15) is 24.9 Å². The average molecular weight is 441 g/mol. The first-order valence-corrected chi connectivity index (χ1v) is 11.0. The van der Waals surface area contributed by atoms with E-state index in [0.717, 1.165) is 11.3 Å². The Hall–Kier alpha value is -2.20. The van der Waals surface area contributed by atoms with Gasteiger partial charge in [0.15, 0.2) is 0 Å². The number of aromatic nitrogens is 1. The van der Waals surface area contributed by atoms with Gasteiger partial charge in [0.1, 0.15) is 0 Å². The highest BCUT2D eigenvalue weighted by Gasteiger charge is 2.26. The highest BCUT2D eigenvalue weighted by atomic mass is 35.5. The topological polar surface area (TPSA) is 105 Å². The summed E-state index contributed by atoms with van der Waals surface area (Å²) < 4.78 is 33.9. The van der Waals surface area contributed by atoms with Gasteiger partial charge in [0.05, 0.1) is 34.2 Å². The van der Waals surface area contributed by atoms with E-state index >= 15 is 0 Å². The van der Waals surface area contributed by atoms with Gasteiger partial charge in [0.2, 0.25) is 10.0 Å². The SMILES string of the molecule is CCOC(=O)C[C@H](NS(=O)(=O)c1ccc2[nH]c(=O)sc2c1)c1ccccc1Cl. The third-order valence-electron chi connectivity index (χ3n) is 3.96. The molecule has 2 N–H and O–H groups in total. The summed E-state index contributed by atoms with van der Waals surface area (Å²) in [5.74, 6) is -0.547. The number of rotatable bonds is 7. The van der Waals surface area contributed by atoms with Crippen LogP contribution in [0.3, 0.4) is 0 Å². The van der Waals surface area contributed by atoms with Crippen LogP contribution in [0.4, 0.5) is 0 Å². The van der Waals surface area contributed by atoms with Crippen LogP contribution in [0.5, 0.6) is 0 Å². The summed E-state index contributed by atoms with van der Waals surface area (Å²) in [4.78, 5) is 25.8. The maximum Gasteiger partial charge on any atom is 0.307 e. The number of esters is 1. The number of carbonyl (C=O) groups excluding carboxylic acids is 1. The van der Waals surface area contributed by atoms with Crippen molar-refractivity contribution in [3.8, 4) is 0 Å². The molecule has 3 aromatic rings. The Balaban J connectivity index is 1.96. The molecule has 0 unspecified atom stereocenters. The lowest BCUT2D eigenvalue weighted by atomic mass is 10.1. The molecule has 0 aliphatic carbocycles. The van der Waals surface area contributed by atoms with E-state index in [2.05, 4.69) is 9.71 Å². The maximum absolute atomic E-state index is 12.9. The van der Waals surface area contributed by atoms with Gasteiger partial charge in [-0.3, -0.25) is 9.59 Å². The van der Waals surface area contributed by atoms with Crippen molar-refractivity contribution in [2.45, 2.75) is 24.3 Å². The third-order valence-corrected chi connectivity index (χ3v) is 6.62. The Bertz CT molecular complexity index is 1170. The van der Waals surface area contributed by atoms with Gasteiger partial charge in [-0.25, -0.2) is 13.1 Å². The average Bonchev–Trinajstić information content (AvgIpc) is 3.00. The number of thiazole rings is 1. The lowest BCUT2D eigenvalue weighted by molar-refractivity contribution is -0.143. The summed E-state index contributed by atoms with van der Waals surface area (Å²) in [7, 11) is -3.99. The molecular weight excluding hydrogens is 424 g/mol. The first kappa shape index (κ1) is 20.5. The second-order valence-corrected chi connectivity index (χ2v) is 9.01. The number of hydrogen-bond donors (Lipinski definition) is 2. The molecule has 0 aliphatic rings. The van der Waals surface area contributed by atoms with E-state index in [9.17, 15) is 18.0 Å². The lowest BCUT2D eigenvalue weighted by Crippen LogP contribution is -2.31. The van der Waals surface area contributed by atoms with Gasteiger partial charge in [-0.1, -0.05) is 41.1 Å². The van der Waals surface area contributed by atoms with Gasteiger partial charge in [0, 0.05) is 5.02 Å². The Kier molecular flexibility index (Phi) is 6.19. The van der Waals surface area contributed by atoms with Crippen LogP contribution in [-0.2, 0) is 19.6 Å². The molecule has 0 saturated heterocycles. The molecule has 1 aromatic heterocycles. The molecular formula is C18H17ClN2O5S2. The predicted molar refractivity (Wildman–Crippen MR) is 108 cm³/mol. The highest BCUT2D eigenvalue weighted by molar-refractivity contribution is 7.89. The Morgan fingerprint density at radius 2 is 2.04 bits per heavy atom. The largest absolute Gasteiger partial charge is 0.466 e. The van der Waals surface area contributed by atoms with Crippen LogP contribution < -0.4 is 9.60 Å². The van der Waals surface area contributed by atoms with Crippen molar-refractivity contribution >= 4 is 49.1 Å². The molecule has 1 heterocycles. The van der Waals surface area contributed by atoms with E-state index in [1.54, 1.807) is 31.2 Å². The number of aromatic amines is 1. The van der Waals surface area contributed by atoms with E-state index in [4.69, 9.17) is 16.3 Å². The minimum absolute atomic E-state index is 0.0174. The van der Waals surface area contributed by atoms with E-state index in [0.29, 0.717) is 20.8 Å². The normalized spacial score (nSPS) is 12.8.